The van der Waals surface area contributed by atoms with Crippen molar-refractivity contribution < 1.29 is 9.53 Å². The Hall–Kier alpha value is -1.69. The lowest BCUT2D eigenvalue weighted by molar-refractivity contribution is 0.0287. The van der Waals surface area contributed by atoms with Gasteiger partial charge in [-0.25, -0.2) is 4.79 Å². The Morgan fingerprint density at radius 2 is 2.27 bits per heavy atom. The summed E-state index contributed by atoms with van der Waals surface area (Å²) >= 11 is 0. The first-order valence-electron chi connectivity index (χ1n) is 7.87. The zero-order chi connectivity index (χ0) is 16.0. The molecule has 1 aliphatic rings. The third-order valence-electron chi connectivity index (χ3n) is 3.59. The molecule has 0 aromatic carbocycles. The maximum Gasteiger partial charge on any atom is 0.410 e. The Balaban J connectivity index is 1.63. The van der Waals surface area contributed by atoms with Gasteiger partial charge in [0.05, 0.1) is 5.69 Å². The van der Waals surface area contributed by atoms with Crippen molar-refractivity contribution in [2.75, 3.05) is 19.6 Å². The molecule has 1 fully saturated rings. The first-order valence-corrected chi connectivity index (χ1v) is 7.87. The molecule has 0 saturated carbocycles. The molecular weight excluding hydrogens is 280 g/mol. The maximum atomic E-state index is 12.0. The molecule has 6 heteroatoms. The first kappa shape index (κ1) is 16.7. The molecule has 1 unspecified atom stereocenters. The second kappa shape index (κ2) is 7.54. The minimum atomic E-state index is -0.423. The van der Waals surface area contributed by atoms with Gasteiger partial charge in [-0.2, -0.15) is 0 Å². The molecule has 0 radical (unpaired) electrons. The molecule has 0 spiro atoms. The molecule has 22 heavy (non-hydrogen) atoms. The van der Waals surface area contributed by atoms with E-state index in [0.29, 0.717) is 5.92 Å². The number of ether oxygens (including phenoxy) is 1. The highest BCUT2D eigenvalue weighted by Gasteiger charge is 2.29. The van der Waals surface area contributed by atoms with Crippen LogP contribution in [0, 0.1) is 5.92 Å². The minimum absolute atomic E-state index is 0.192. The molecule has 0 aliphatic carbocycles. The van der Waals surface area contributed by atoms with Crippen LogP contribution in [0.1, 0.15) is 39.3 Å². The highest BCUT2D eigenvalue weighted by Crippen LogP contribution is 2.21. The van der Waals surface area contributed by atoms with Crippen molar-refractivity contribution in [3.8, 4) is 0 Å². The van der Waals surface area contributed by atoms with Crippen LogP contribution in [0.3, 0.4) is 0 Å². The lowest BCUT2D eigenvalue weighted by atomic mass is 10.1. The van der Waals surface area contributed by atoms with Gasteiger partial charge in [-0.05, 0) is 46.1 Å². The summed E-state index contributed by atoms with van der Waals surface area (Å²) < 4.78 is 5.41. The number of aromatic nitrogens is 2. The van der Waals surface area contributed by atoms with E-state index in [-0.39, 0.29) is 6.09 Å². The van der Waals surface area contributed by atoms with Crippen LogP contribution in [0.4, 0.5) is 4.79 Å². The van der Waals surface area contributed by atoms with E-state index in [1.807, 2.05) is 25.7 Å². The zero-order valence-electron chi connectivity index (χ0n) is 13.7. The van der Waals surface area contributed by atoms with Crippen molar-refractivity contribution in [3.63, 3.8) is 0 Å². The van der Waals surface area contributed by atoms with Gasteiger partial charge in [0, 0.05) is 38.2 Å². The second-order valence-electron chi connectivity index (χ2n) is 6.74. The molecule has 1 aliphatic heterocycles. The van der Waals surface area contributed by atoms with Gasteiger partial charge in [0.15, 0.2) is 0 Å². The zero-order valence-corrected chi connectivity index (χ0v) is 13.7. The fraction of sp³-hybridized carbons (Fsp3) is 0.688. The van der Waals surface area contributed by atoms with Crippen LogP contribution in [-0.4, -0.2) is 46.2 Å². The Kier molecular flexibility index (Phi) is 5.71. The van der Waals surface area contributed by atoms with Crippen LogP contribution >= 0.6 is 0 Å². The van der Waals surface area contributed by atoms with Gasteiger partial charge in [-0.15, -0.1) is 0 Å². The SMILES string of the molecule is CC(C)(C)OC(=O)N1CCC(CCNCc2cnccn2)C1. The minimum Gasteiger partial charge on any atom is -0.444 e. The monoisotopic (exact) mass is 306 g/mol. The Bertz CT molecular complexity index is 473. The van der Waals surface area contributed by atoms with E-state index in [4.69, 9.17) is 4.74 Å². The van der Waals surface area contributed by atoms with Gasteiger partial charge in [-0.1, -0.05) is 0 Å². The fourth-order valence-corrected chi connectivity index (χ4v) is 2.50. The van der Waals surface area contributed by atoms with Gasteiger partial charge >= 0.3 is 6.09 Å². The molecule has 6 nitrogen and oxygen atoms in total. The van der Waals surface area contributed by atoms with Gasteiger partial charge in [0.25, 0.3) is 0 Å². The van der Waals surface area contributed by atoms with Crippen molar-refractivity contribution in [1.82, 2.24) is 20.2 Å². The lowest BCUT2D eigenvalue weighted by Crippen LogP contribution is -2.35. The summed E-state index contributed by atoms with van der Waals surface area (Å²) in [6.45, 7) is 8.93. The van der Waals surface area contributed by atoms with E-state index < -0.39 is 5.60 Å². The van der Waals surface area contributed by atoms with Crippen molar-refractivity contribution in [2.45, 2.75) is 45.8 Å². The quantitative estimate of drug-likeness (QED) is 0.845. The summed E-state index contributed by atoms with van der Waals surface area (Å²) in [4.78, 5) is 22.1. The number of nitrogens with one attached hydrogen (secondary N) is 1. The summed E-state index contributed by atoms with van der Waals surface area (Å²) in [5.41, 5.74) is 0.525. The van der Waals surface area contributed by atoms with Crippen molar-refractivity contribution in [3.05, 3.63) is 24.3 Å². The van der Waals surface area contributed by atoms with E-state index in [2.05, 4.69) is 15.3 Å². The summed E-state index contributed by atoms with van der Waals surface area (Å²) in [6, 6.07) is 0. The van der Waals surface area contributed by atoms with E-state index in [0.717, 1.165) is 44.7 Å². The number of carbonyl (C=O) groups excluding carboxylic acids is 1. The van der Waals surface area contributed by atoms with Crippen molar-refractivity contribution in [2.24, 2.45) is 5.92 Å². The number of hydrogen-bond acceptors (Lipinski definition) is 5. The molecule has 1 atom stereocenters. The Morgan fingerprint density at radius 1 is 1.45 bits per heavy atom. The average molecular weight is 306 g/mol. The molecule has 1 aromatic heterocycles. The predicted molar refractivity (Wildman–Crippen MR) is 84.3 cm³/mol. The number of carbonyl (C=O) groups is 1. The Morgan fingerprint density at radius 3 is 2.95 bits per heavy atom. The molecule has 1 N–H and O–H groups in total. The van der Waals surface area contributed by atoms with E-state index >= 15 is 0 Å². The second-order valence-corrected chi connectivity index (χ2v) is 6.74. The molecular formula is C16H26N4O2. The summed E-state index contributed by atoms with van der Waals surface area (Å²) in [7, 11) is 0. The summed E-state index contributed by atoms with van der Waals surface area (Å²) in [6.07, 6.45) is 7.06. The normalized spacial score (nSPS) is 18.5. The summed E-state index contributed by atoms with van der Waals surface area (Å²) in [5.74, 6) is 0.543. The molecule has 2 rings (SSSR count). The number of hydrogen-bond donors (Lipinski definition) is 1. The van der Waals surface area contributed by atoms with Gasteiger partial charge in [0.1, 0.15) is 5.60 Å². The van der Waals surface area contributed by atoms with Gasteiger partial charge in [0.2, 0.25) is 0 Å². The van der Waals surface area contributed by atoms with E-state index in [1.54, 1.807) is 18.6 Å². The lowest BCUT2D eigenvalue weighted by Gasteiger charge is -2.24. The van der Waals surface area contributed by atoms with Crippen LogP contribution in [0.5, 0.6) is 0 Å². The third kappa shape index (κ3) is 5.60. The number of likely N-dealkylation sites (tertiary alicyclic amines) is 1. The first-order chi connectivity index (χ1) is 10.4. The maximum absolute atomic E-state index is 12.0. The third-order valence-corrected chi connectivity index (χ3v) is 3.59. The topological polar surface area (TPSA) is 67.3 Å². The molecule has 1 amide bonds. The highest BCUT2D eigenvalue weighted by molar-refractivity contribution is 5.68. The molecule has 0 bridgehead atoms. The van der Waals surface area contributed by atoms with Gasteiger partial charge in [-0.3, -0.25) is 9.97 Å². The van der Waals surface area contributed by atoms with Crippen LogP contribution in [-0.2, 0) is 11.3 Å². The standard InChI is InChI=1S/C16H26N4O2/c1-16(2,3)22-15(21)20-9-5-13(12-20)4-6-17-10-14-11-18-7-8-19-14/h7-8,11,13,17H,4-6,9-10,12H2,1-3H3. The summed E-state index contributed by atoms with van der Waals surface area (Å²) in [5, 5.41) is 3.37. The fourth-order valence-electron chi connectivity index (χ4n) is 2.50. The largest absolute Gasteiger partial charge is 0.444 e. The number of amides is 1. The Labute approximate surface area is 132 Å². The van der Waals surface area contributed by atoms with Crippen molar-refractivity contribution in [1.29, 1.82) is 0 Å². The highest BCUT2D eigenvalue weighted by atomic mass is 16.6. The van der Waals surface area contributed by atoms with Crippen LogP contribution in [0.2, 0.25) is 0 Å². The van der Waals surface area contributed by atoms with Crippen LogP contribution in [0.25, 0.3) is 0 Å². The molecule has 1 saturated heterocycles. The van der Waals surface area contributed by atoms with E-state index in [1.165, 1.54) is 0 Å². The van der Waals surface area contributed by atoms with Crippen LogP contribution < -0.4 is 5.32 Å². The van der Waals surface area contributed by atoms with Crippen LogP contribution in [0.15, 0.2) is 18.6 Å². The molecule has 2 heterocycles. The smallest absolute Gasteiger partial charge is 0.410 e. The van der Waals surface area contributed by atoms with Gasteiger partial charge < -0.3 is 15.0 Å². The average Bonchev–Trinajstić information content (AvgIpc) is 2.92. The molecule has 1 aromatic rings. The number of rotatable bonds is 5. The van der Waals surface area contributed by atoms with Crippen molar-refractivity contribution >= 4 is 6.09 Å². The number of nitrogens with zero attached hydrogens (tertiary/aromatic N) is 3. The van der Waals surface area contributed by atoms with E-state index in [9.17, 15) is 4.79 Å². The predicted octanol–water partition coefficient (Wildman–Crippen LogP) is 2.21. The molecule has 122 valence electrons.